The Labute approximate surface area is 137 Å². The first-order chi connectivity index (χ1) is 8.43. The molecule has 1 saturated carbocycles. The Kier molecular flexibility index (Phi) is 4.76. The fraction of sp³-hybridized carbons (Fsp3) is 0.200. The first kappa shape index (κ1) is 15.1. The van der Waals surface area contributed by atoms with Crippen molar-refractivity contribution in [2.24, 2.45) is 0 Å². The summed E-state index contributed by atoms with van der Waals surface area (Å²) in [5, 5.41) is 0. The summed E-state index contributed by atoms with van der Waals surface area (Å²) >= 11 is -0.612. The van der Waals surface area contributed by atoms with E-state index in [1.165, 1.54) is 16.2 Å². The van der Waals surface area contributed by atoms with Gasteiger partial charge in [-0.25, -0.2) is 0 Å². The van der Waals surface area contributed by atoms with Crippen molar-refractivity contribution in [3.8, 4) is 0 Å². The molecule has 4 rings (SSSR count). The molecule has 0 radical (unpaired) electrons. The molecule has 4 heteroatoms. The number of hydrogen-bond donors (Lipinski definition) is 1. The molecule has 2 aliphatic rings. The third kappa shape index (κ3) is 2.39. The normalized spacial score (nSPS) is 18.4. The SMILES string of the molecule is [Cl-].[Cl-].c1c[nH][c]([Zr+2][C]2=C3CCC3c3ccccc32)c1. The fourth-order valence-corrected chi connectivity index (χ4v) is 6.47. The molecule has 0 saturated heterocycles. The van der Waals surface area contributed by atoms with E-state index in [9.17, 15) is 0 Å². The number of hydrogen-bond acceptors (Lipinski definition) is 0. The monoisotopic (exact) mass is 367 g/mol. The van der Waals surface area contributed by atoms with Gasteiger partial charge in [-0.3, -0.25) is 0 Å². The third-order valence-corrected chi connectivity index (χ3v) is 7.40. The van der Waals surface area contributed by atoms with Crippen LogP contribution in [0.4, 0.5) is 0 Å². The Morgan fingerprint density at radius 1 is 1.05 bits per heavy atom. The fourth-order valence-electron chi connectivity index (χ4n) is 2.97. The summed E-state index contributed by atoms with van der Waals surface area (Å²) in [6.07, 6.45) is 4.77. The summed E-state index contributed by atoms with van der Waals surface area (Å²) in [4.78, 5) is 3.40. The van der Waals surface area contributed by atoms with Crippen molar-refractivity contribution >= 4 is 6.68 Å². The number of aromatic amines is 1. The van der Waals surface area contributed by atoms with E-state index in [4.69, 9.17) is 0 Å². The molecule has 0 spiro atoms. The van der Waals surface area contributed by atoms with Crippen molar-refractivity contribution in [3.05, 3.63) is 59.3 Å². The average molecular weight is 369 g/mol. The number of aromatic nitrogens is 1. The first-order valence-corrected chi connectivity index (χ1v) is 8.62. The number of halogens is 2. The second-order valence-electron chi connectivity index (χ2n) is 4.79. The minimum atomic E-state index is -0.612. The van der Waals surface area contributed by atoms with Crippen LogP contribution in [-0.2, 0) is 23.2 Å². The number of rotatable bonds is 2. The van der Waals surface area contributed by atoms with E-state index in [2.05, 4.69) is 47.6 Å². The molecule has 0 bridgehead atoms. The molecule has 1 unspecified atom stereocenters. The van der Waals surface area contributed by atoms with E-state index in [0.717, 1.165) is 5.92 Å². The molecule has 0 amide bonds. The van der Waals surface area contributed by atoms with Crippen molar-refractivity contribution in [3.63, 3.8) is 0 Å². The number of benzene rings is 1. The summed E-state index contributed by atoms with van der Waals surface area (Å²) in [5.41, 5.74) is 4.95. The Morgan fingerprint density at radius 2 is 1.89 bits per heavy atom. The molecular weight excluding hydrogens is 356 g/mol. The van der Waals surface area contributed by atoms with Crippen molar-refractivity contribution < 1.29 is 48.0 Å². The van der Waals surface area contributed by atoms with Gasteiger partial charge in [0.2, 0.25) is 0 Å². The predicted octanol–water partition coefficient (Wildman–Crippen LogP) is -2.97. The summed E-state index contributed by atoms with van der Waals surface area (Å²) in [6.45, 7) is 0. The van der Waals surface area contributed by atoms with Gasteiger partial charge in [0, 0.05) is 0 Å². The molecular formula is C15H13Cl2NZr. The van der Waals surface area contributed by atoms with Crippen LogP contribution in [0.25, 0.3) is 3.28 Å². The van der Waals surface area contributed by atoms with Gasteiger partial charge in [0.05, 0.1) is 0 Å². The molecule has 0 aliphatic heterocycles. The number of H-pyrrole nitrogens is 1. The molecule has 96 valence electrons. The number of fused-ring (bicyclic) bond motifs is 3. The Balaban J connectivity index is 0.000000667. The molecule has 1 fully saturated rings. The molecule has 1 nitrogen and oxygen atoms in total. The van der Waals surface area contributed by atoms with Crippen LogP contribution in [0.5, 0.6) is 0 Å². The van der Waals surface area contributed by atoms with E-state index in [1.54, 1.807) is 20.0 Å². The van der Waals surface area contributed by atoms with Gasteiger partial charge >= 0.3 is 113 Å². The zero-order valence-corrected chi connectivity index (χ0v) is 14.3. The summed E-state index contributed by atoms with van der Waals surface area (Å²) in [7, 11) is 0. The van der Waals surface area contributed by atoms with E-state index in [0.29, 0.717) is 0 Å². The van der Waals surface area contributed by atoms with Crippen molar-refractivity contribution in [1.29, 1.82) is 0 Å². The van der Waals surface area contributed by atoms with E-state index in [-0.39, 0.29) is 24.8 Å². The zero-order chi connectivity index (χ0) is 11.2. The molecule has 2 aromatic rings. The standard InChI is InChI=1S/C11H9.C4H4N.2ClH.Zr/c1-2-4-10-8(3-1)7-9-5-6-11(9)10;1-2-4-5-3-1;;;/h1-4,11H,5-6H2;1-3,5H;2*1H;/q;;;;+2/p-2. The van der Waals surface area contributed by atoms with Gasteiger partial charge in [0.1, 0.15) is 0 Å². The minimum absolute atomic E-state index is 0. The van der Waals surface area contributed by atoms with Crippen molar-refractivity contribution in [1.82, 2.24) is 4.98 Å². The van der Waals surface area contributed by atoms with Crippen LogP contribution in [0.15, 0.2) is 48.2 Å². The Morgan fingerprint density at radius 3 is 2.58 bits per heavy atom. The maximum absolute atomic E-state index is 3.40. The van der Waals surface area contributed by atoms with Crippen LogP contribution in [0.2, 0.25) is 0 Å². The van der Waals surface area contributed by atoms with E-state index in [1.807, 2.05) is 0 Å². The molecule has 1 N–H and O–H groups in total. The average Bonchev–Trinajstić information content (AvgIpc) is 2.86. The second kappa shape index (κ2) is 5.99. The topological polar surface area (TPSA) is 15.8 Å². The summed E-state index contributed by atoms with van der Waals surface area (Å²) in [6, 6.07) is 13.4. The van der Waals surface area contributed by atoms with Crippen molar-refractivity contribution in [2.45, 2.75) is 18.8 Å². The molecule has 1 aromatic carbocycles. The van der Waals surface area contributed by atoms with Crippen LogP contribution < -0.4 is 28.2 Å². The summed E-state index contributed by atoms with van der Waals surface area (Å²) < 4.78 is 3.25. The maximum atomic E-state index is 3.40. The summed E-state index contributed by atoms with van der Waals surface area (Å²) in [5.74, 6) is 0.789. The van der Waals surface area contributed by atoms with Gasteiger partial charge < -0.3 is 24.8 Å². The van der Waals surface area contributed by atoms with Crippen molar-refractivity contribution in [2.75, 3.05) is 0 Å². The van der Waals surface area contributed by atoms with Crippen LogP contribution in [0.3, 0.4) is 0 Å². The molecule has 1 heterocycles. The van der Waals surface area contributed by atoms with Crippen LogP contribution >= 0.6 is 0 Å². The van der Waals surface area contributed by atoms with Crippen LogP contribution in [0, 0.1) is 0 Å². The zero-order valence-electron chi connectivity index (χ0n) is 10.3. The van der Waals surface area contributed by atoms with E-state index >= 15 is 0 Å². The van der Waals surface area contributed by atoms with Gasteiger partial charge in [-0.1, -0.05) is 0 Å². The molecule has 19 heavy (non-hydrogen) atoms. The van der Waals surface area contributed by atoms with Gasteiger partial charge in [0.15, 0.2) is 0 Å². The van der Waals surface area contributed by atoms with Gasteiger partial charge in [-0.15, -0.1) is 0 Å². The number of allylic oxidation sites excluding steroid dienone is 1. The van der Waals surface area contributed by atoms with Crippen LogP contribution in [0.1, 0.15) is 29.9 Å². The van der Waals surface area contributed by atoms with E-state index < -0.39 is 23.2 Å². The molecule has 1 atom stereocenters. The Hall–Kier alpha value is -0.297. The molecule has 2 aliphatic carbocycles. The first-order valence-electron chi connectivity index (χ1n) is 6.16. The molecule has 1 aromatic heterocycles. The predicted molar refractivity (Wildman–Crippen MR) is 65.8 cm³/mol. The van der Waals surface area contributed by atoms with Gasteiger partial charge in [-0.05, 0) is 0 Å². The second-order valence-corrected chi connectivity index (χ2v) is 7.96. The quantitative estimate of drug-likeness (QED) is 0.582. The number of nitrogens with one attached hydrogen (secondary N) is 1. The van der Waals surface area contributed by atoms with Crippen LogP contribution in [-0.4, -0.2) is 4.98 Å². The Bertz CT molecular complexity index is 604. The van der Waals surface area contributed by atoms with Gasteiger partial charge in [0.25, 0.3) is 0 Å². The third-order valence-electron chi connectivity index (χ3n) is 3.91. The van der Waals surface area contributed by atoms with Gasteiger partial charge in [-0.2, -0.15) is 0 Å².